The van der Waals surface area contributed by atoms with Crippen molar-refractivity contribution in [2.75, 3.05) is 5.32 Å². The molecule has 0 aliphatic rings. The number of aliphatic hydroxyl groups excluding tert-OH is 1. The van der Waals surface area contributed by atoms with E-state index in [0.717, 1.165) is 23.3 Å². The summed E-state index contributed by atoms with van der Waals surface area (Å²) in [6, 6.07) is 15.3. The number of hydrogen-bond acceptors (Lipinski definition) is 5. The fourth-order valence-electron chi connectivity index (χ4n) is 4.33. The molecule has 2 unspecified atom stereocenters. The van der Waals surface area contributed by atoms with Crippen molar-refractivity contribution in [3.05, 3.63) is 59.7 Å². The van der Waals surface area contributed by atoms with Crippen molar-refractivity contribution in [1.29, 1.82) is 0 Å². The summed E-state index contributed by atoms with van der Waals surface area (Å²) in [5.41, 5.74) is 2.67. The number of anilines is 1. The second-order valence-corrected chi connectivity index (χ2v) is 10.9. The third kappa shape index (κ3) is 16.6. The van der Waals surface area contributed by atoms with E-state index in [1.54, 1.807) is 18.2 Å². The van der Waals surface area contributed by atoms with Gasteiger partial charge in [-0.15, -0.1) is 11.8 Å². The molecule has 0 radical (unpaired) electrons. The Hall–Kier alpha value is -0.840. The van der Waals surface area contributed by atoms with Gasteiger partial charge < -0.3 is 20.6 Å². The Morgan fingerprint density at radius 1 is 0.850 bits per heavy atom. The van der Waals surface area contributed by atoms with Gasteiger partial charge in [-0.3, -0.25) is 14.4 Å². The van der Waals surface area contributed by atoms with Gasteiger partial charge in [0.25, 0.3) is 0 Å². The van der Waals surface area contributed by atoms with E-state index < -0.39 is 30.4 Å². The van der Waals surface area contributed by atoms with Crippen molar-refractivity contribution in [3.8, 4) is 0 Å². The molecule has 0 saturated heterocycles. The zero-order chi connectivity index (χ0) is 27.8. The summed E-state index contributed by atoms with van der Waals surface area (Å²) in [6.45, 7) is 2.22. The second kappa shape index (κ2) is 22.7. The van der Waals surface area contributed by atoms with Gasteiger partial charge in [-0.05, 0) is 55.0 Å². The van der Waals surface area contributed by atoms with Crippen LogP contribution in [-0.2, 0) is 20.8 Å². The van der Waals surface area contributed by atoms with Crippen LogP contribution >= 0.6 is 11.8 Å². The predicted octanol–water partition coefficient (Wildman–Crippen LogP) is 5.55. The van der Waals surface area contributed by atoms with Crippen molar-refractivity contribution in [1.82, 2.24) is 0 Å². The number of aliphatic carboxylic acids is 2. The number of aliphatic hydroxyl groups is 1. The average Bonchev–Trinajstić information content (AvgIpc) is 2.86. The molecule has 0 saturated carbocycles. The van der Waals surface area contributed by atoms with Crippen molar-refractivity contribution in [2.45, 2.75) is 100 Å². The summed E-state index contributed by atoms with van der Waals surface area (Å²) in [7, 11) is 0. The number of carboxylic acid groups (broad SMARTS) is 2. The standard InChI is InChI=1S/C30H41NO6S.2Na.2H/c1-2-3-4-5-6-7-8-12-22-13-9-14-23(19-22)30(26(32)17-11-18-28(34)35)38-25-16-10-15-24(20-25)31-27(33)21-29(36)37;;;;/h9-10,13-16,19-20,26,30,32H,2-8,11-12,17-18,21H2,1H3,(H,31,33)(H,34,35)(H,36,37);;;;. The van der Waals surface area contributed by atoms with Gasteiger partial charge in [-0.2, -0.15) is 0 Å². The monoisotopic (exact) mass is 591 g/mol. The zero-order valence-corrected chi connectivity index (χ0v) is 23.0. The van der Waals surface area contributed by atoms with Gasteiger partial charge in [0.2, 0.25) is 5.91 Å². The molecular formula is C30H43NNa2O6S. The quantitative estimate of drug-likeness (QED) is 0.0732. The molecule has 2 atom stereocenters. The van der Waals surface area contributed by atoms with Gasteiger partial charge in [-0.25, -0.2) is 0 Å². The molecule has 0 aromatic heterocycles. The number of carboxylic acids is 2. The molecule has 7 nitrogen and oxygen atoms in total. The first kappa shape index (κ1) is 39.2. The van der Waals surface area contributed by atoms with Crippen LogP contribution in [0, 0.1) is 0 Å². The Labute approximate surface area is 286 Å². The fourth-order valence-corrected chi connectivity index (χ4v) is 5.55. The van der Waals surface area contributed by atoms with Crippen LogP contribution in [0.1, 0.15) is 93.9 Å². The molecule has 2 rings (SSSR count). The summed E-state index contributed by atoms with van der Waals surface area (Å²) in [4.78, 5) is 34.5. The molecule has 1 amide bonds. The van der Waals surface area contributed by atoms with Gasteiger partial charge >= 0.3 is 71.1 Å². The van der Waals surface area contributed by atoms with Gasteiger partial charge in [-0.1, -0.05) is 75.8 Å². The molecule has 0 spiro atoms. The molecule has 4 N–H and O–H groups in total. The van der Waals surface area contributed by atoms with E-state index in [-0.39, 0.29) is 70.8 Å². The molecule has 2 aromatic rings. The van der Waals surface area contributed by atoms with Crippen LogP contribution in [-0.4, -0.2) is 98.4 Å². The summed E-state index contributed by atoms with van der Waals surface area (Å²) in [5.74, 6) is -2.69. The first-order valence-corrected chi connectivity index (χ1v) is 14.4. The molecule has 0 heterocycles. The van der Waals surface area contributed by atoms with Crippen molar-refractivity contribution in [3.63, 3.8) is 0 Å². The Bertz CT molecular complexity index is 1040. The van der Waals surface area contributed by atoms with Crippen LogP contribution < -0.4 is 5.32 Å². The molecule has 0 bridgehead atoms. The predicted molar refractivity (Wildman–Crippen MR) is 166 cm³/mol. The Kier molecular flexibility index (Phi) is 22.2. The Morgan fingerprint density at radius 2 is 1.52 bits per heavy atom. The van der Waals surface area contributed by atoms with E-state index in [0.29, 0.717) is 18.5 Å². The number of carbonyl (C=O) groups excluding carboxylic acids is 1. The number of amides is 1. The number of thioether (sulfide) groups is 1. The first-order valence-electron chi connectivity index (χ1n) is 13.6. The van der Waals surface area contributed by atoms with E-state index in [1.807, 2.05) is 18.2 Å². The third-order valence-electron chi connectivity index (χ3n) is 6.28. The molecule has 0 fully saturated rings. The van der Waals surface area contributed by atoms with Crippen molar-refractivity contribution < 1.29 is 29.7 Å². The van der Waals surface area contributed by atoms with E-state index >= 15 is 0 Å². The molecule has 0 aliphatic carbocycles. The number of benzene rings is 2. The summed E-state index contributed by atoms with van der Waals surface area (Å²) in [5, 5.41) is 31.2. The maximum atomic E-state index is 11.9. The van der Waals surface area contributed by atoms with E-state index in [2.05, 4.69) is 24.4 Å². The van der Waals surface area contributed by atoms with Gasteiger partial charge in [0, 0.05) is 17.0 Å². The average molecular weight is 592 g/mol. The first-order chi connectivity index (χ1) is 18.3. The second-order valence-electron chi connectivity index (χ2n) is 9.65. The van der Waals surface area contributed by atoms with Crippen LogP contribution in [0.15, 0.2) is 53.4 Å². The molecule has 10 heteroatoms. The number of carbonyl (C=O) groups is 3. The fraction of sp³-hybridized carbons (Fsp3) is 0.500. The number of rotatable bonds is 19. The number of nitrogens with one attached hydrogen (secondary N) is 1. The zero-order valence-electron chi connectivity index (χ0n) is 22.2. The minimum atomic E-state index is -1.20. The summed E-state index contributed by atoms with van der Waals surface area (Å²) >= 11 is 1.45. The maximum absolute atomic E-state index is 11.9. The third-order valence-corrected chi connectivity index (χ3v) is 7.65. The van der Waals surface area contributed by atoms with E-state index in [4.69, 9.17) is 10.2 Å². The Morgan fingerprint density at radius 3 is 2.20 bits per heavy atom. The molecular weight excluding hydrogens is 548 g/mol. The number of aryl methyl sites for hydroxylation is 1. The summed E-state index contributed by atoms with van der Waals surface area (Å²) in [6.07, 6.45) is 9.00. The number of hydrogen-bond donors (Lipinski definition) is 4. The Balaban J connectivity index is 0.00000760. The summed E-state index contributed by atoms with van der Waals surface area (Å²) < 4.78 is 0. The van der Waals surface area contributed by atoms with Crippen LogP contribution in [0.4, 0.5) is 5.69 Å². The minimum absolute atomic E-state index is 0. The molecule has 212 valence electrons. The van der Waals surface area contributed by atoms with Crippen molar-refractivity contribution >= 4 is 94.4 Å². The van der Waals surface area contributed by atoms with Gasteiger partial charge in [0.15, 0.2) is 0 Å². The van der Waals surface area contributed by atoms with Crippen molar-refractivity contribution in [2.24, 2.45) is 0 Å². The number of unbranched alkanes of at least 4 members (excludes halogenated alkanes) is 6. The van der Waals surface area contributed by atoms with Gasteiger partial charge in [0.1, 0.15) is 6.42 Å². The van der Waals surface area contributed by atoms with Crippen LogP contribution in [0.3, 0.4) is 0 Å². The molecule has 2 aromatic carbocycles. The molecule has 0 aliphatic heterocycles. The topological polar surface area (TPSA) is 124 Å². The normalized spacial score (nSPS) is 11.9. The van der Waals surface area contributed by atoms with Crippen LogP contribution in [0.25, 0.3) is 0 Å². The SMILES string of the molecule is CCCCCCCCCc1cccc(C(Sc2cccc(NC(=O)CC(=O)O)c2)C(O)CCCC(=O)O)c1.[NaH].[NaH]. The molecule has 40 heavy (non-hydrogen) atoms. The van der Waals surface area contributed by atoms with E-state index in [9.17, 15) is 19.5 Å². The van der Waals surface area contributed by atoms with Crippen LogP contribution in [0.2, 0.25) is 0 Å². The van der Waals surface area contributed by atoms with E-state index in [1.165, 1.54) is 55.9 Å². The van der Waals surface area contributed by atoms with Gasteiger partial charge in [0.05, 0.1) is 11.4 Å². The van der Waals surface area contributed by atoms with Crippen LogP contribution in [0.5, 0.6) is 0 Å².